The molecule has 0 atom stereocenters. The molecule has 3 aromatic rings. The van der Waals surface area contributed by atoms with Crippen LogP contribution in [0.15, 0.2) is 59.5 Å². The number of pyridine rings is 1. The molecule has 0 bridgehead atoms. The first kappa shape index (κ1) is 16.9. The van der Waals surface area contributed by atoms with Gasteiger partial charge in [-0.15, -0.1) is 0 Å². The molecule has 0 unspecified atom stereocenters. The van der Waals surface area contributed by atoms with Crippen molar-refractivity contribution in [1.82, 2.24) is 4.73 Å². The zero-order valence-corrected chi connectivity index (χ0v) is 14.4. The molecule has 0 saturated heterocycles. The van der Waals surface area contributed by atoms with E-state index in [0.717, 1.165) is 0 Å². The van der Waals surface area contributed by atoms with Crippen molar-refractivity contribution in [2.45, 2.75) is 13.8 Å². The molecule has 2 aromatic carbocycles. The Bertz CT molecular complexity index is 947. The van der Waals surface area contributed by atoms with Gasteiger partial charge in [-0.25, -0.2) is 0 Å². The van der Waals surface area contributed by atoms with Crippen molar-refractivity contribution < 1.29 is 14.7 Å². The molecule has 0 fully saturated rings. The Morgan fingerprint density at radius 2 is 1.32 bits per heavy atom. The number of rotatable bonds is 4. The van der Waals surface area contributed by atoms with Crippen molar-refractivity contribution in [1.29, 1.82) is 0 Å². The number of hydrogen-bond acceptors (Lipinski definition) is 4. The van der Waals surface area contributed by atoms with E-state index < -0.39 is 5.56 Å². The lowest BCUT2D eigenvalue weighted by Crippen LogP contribution is -2.20. The second kappa shape index (κ2) is 6.91. The Hall–Kier alpha value is -2.92. The standard InChI is InChI=1S/C19H16ClNO4/c1-12-13(2)19(22)21(23)11-18(12)25-17-9-7-16(8-10-17)24-15-5-3-14(20)4-6-15/h3-11,23H,1-2H3. The highest BCUT2D eigenvalue weighted by atomic mass is 35.5. The molecule has 1 aromatic heterocycles. The van der Waals surface area contributed by atoms with Crippen LogP contribution in [0.5, 0.6) is 23.0 Å². The quantitative estimate of drug-likeness (QED) is 0.672. The van der Waals surface area contributed by atoms with Crippen molar-refractivity contribution in [3.63, 3.8) is 0 Å². The van der Waals surface area contributed by atoms with Gasteiger partial charge in [0.15, 0.2) is 5.75 Å². The van der Waals surface area contributed by atoms with Crippen LogP contribution < -0.4 is 15.0 Å². The average Bonchev–Trinajstić information content (AvgIpc) is 2.61. The predicted octanol–water partition coefficient (Wildman–Crippen LogP) is 4.94. The Balaban J connectivity index is 1.77. The molecule has 128 valence electrons. The molecule has 0 spiro atoms. The molecule has 5 nitrogen and oxygen atoms in total. The van der Waals surface area contributed by atoms with E-state index in [4.69, 9.17) is 21.1 Å². The van der Waals surface area contributed by atoms with E-state index in [2.05, 4.69) is 0 Å². The first-order chi connectivity index (χ1) is 11.9. The summed E-state index contributed by atoms with van der Waals surface area (Å²) in [6.45, 7) is 3.41. The van der Waals surface area contributed by atoms with Crippen LogP contribution in [0.4, 0.5) is 0 Å². The van der Waals surface area contributed by atoms with Crippen molar-refractivity contribution in [3.8, 4) is 23.0 Å². The molecular weight excluding hydrogens is 342 g/mol. The molecule has 3 rings (SSSR count). The highest BCUT2D eigenvalue weighted by molar-refractivity contribution is 6.30. The summed E-state index contributed by atoms with van der Waals surface area (Å²) in [6, 6.07) is 14.1. The van der Waals surface area contributed by atoms with Gasteiger partial charge in [0.25, 0.3) is 5.56 Å². The van der Waals surface area contributed by atoms with Gasteiger partial charge in [0, 0.05) is 16.1 Å². The van der Waals surface area contributed by atoms with Crippen LogP contribution in [0, 0.1) is 13.8 Å². The molecule has 0 saturated carbocycles. The summed E-state index contributed by atoms with van der Waals surface area (Å²) in [7, 11) is 0. The summed E-state index contributed by atoms with van der Waals surface area (Å²) in [5, 5.41) is 10.3. The predicted molar refractivity (Wildman–Crippen MR) is 95.4 cm³/mol. The maximum absolute atomic E-state index is 11.7. The average molecular weight is 358 g/mol. The SMILES string of the molecule is Cc1c(Oc2ccc(Oc3ccc(Cl)cc3)cc2)cn(O)c(=O)c1C. The van der Waals surface area contributed by atoms with E-state index in [1.54, 1.807) is 62.4 Å². The van der Waals surface area contributed by atoms with Gasteiger partial charge >= 0.3 is 0 Å². The van der Waals surface area contributed by atoms with Gasteiger partial charge in [0.05, 0.1) is 6.20 Å². The van der Waals surface area contributed by atoms with E-state index in [-0.39, 0.29) is 0 Å². The summed E-state index contributed by atoms with van der Waals surface area (Å²) < 4.78 is 12.0. The lowest BCUT2D eigenvalue weighted by Gasteiger charge is -2.12. The van der Waals surface area contributed by atoms with Crippen LogP contribution in [0.1, 0.15) is 11.1 Å². The molecule has 0 aliphatic heterocycles. The fourth-order valence-electron chi connectivity index (χ4n) is 2.23. The number of nitrogens with zero attached hydrogens (tertiary/aromatic N) is 1. The maximum Gasteiger partial charge on any atom is 0.286 e. The number of ether oxygens (including phenoxy) is 2. The molecule has 25 heavy (non-hydrogen) atoms. The summed E-state index contributed by atoms with van der Waals surface area (Å²) in [4.78, 5) is 11.7. The van der Waals surface area contributed by atoms with E-state index in [1.165, 1.54) is 6.20 Å². The maximum atomic E-state index is 11.7. The van der Waals surface area contributed by atoms with Gasteiger partial charge in [-0.05, 0) is 62.4 Å². The molecular formula is C19H16ClNO4. The fraction of sp³-hybridized carbons (Fsp3) is 0.105. The van der Waals surface area contributed by atoms with Gasteiger partial charge in [-0.1, -0.05) is 11.6 Å². The molecule has 0 radical (unpaired) electrons. The largest absolute Gasteiger partial charge is 0.457 e. The summed E-state index contributed by atoms with van der Waals surface area (Å²) in [5.74, 6) is 2.29. The van der Waals surface area contributed by atoms with Crippen LogP contribution in [0.25, 0.3) is 0 Å². The molecule has 1 N–H and O–H groups in total. The van der Waals surface area contributed by atoms with Crippen LogP contribution >= 0.6 is 11.6 Å². The van der Waals surface area contributed by atoms with Gasteiger partial charge in [0.2, 0.25) is 0 Å². The van der Waals surface area contributed by atoms with Gasteiger partial charge in [0.1, 0.15) is 17.2 Å². The van der Waals surface area contributed by atoms with Crippen LogP contribution in [0.2, 0.25) is 5.02 Å². The fourth-order valence-corrected chi connectivity index (χ4v) is 2.35. The third kappa shape index (κ3) is 3.78. The molecule has 6 heteroatoms. The van der Waals surface area contributed by atoms with Crippen molar-refractivity contribution >= 4 is 11.6 Å². The summed E-state index contributed by atoms with van der Waals surface area (Å²) >= 11 is 5.85. The van der Waals surface area contributed by atoms with Crippen LogP contribution in [-0.4, -0.2) is 9.94 Å². The minimum atomic E-state index is -0.462. The van der Waals surface area contributed by atoms with Crippen molar-refractivity contribution in [2.24, 2.45) is 0 Å². The van der Waals surface area contributed by atoms with Crippen LogP contribution in [0.3, 0.4) is 0 Å². The number of hydrogen-bond donors (Lipinski definition) is 1. The van der Waals surface area contributed by atoms with E-state index in [1.807, 2.05) is 0 Å². The summed E-state index contributed by atoms with van der Waals surface area (Å²) in [6.07, 6.45) is 1.25. The zero-order valence-electron chi connectivity index (χ0n) is 13.7. The Labute approximate surface area is 149 Å². The van der Waals surface area contributed by atoms with E-state index >= 15 is 0 Å². The smallest absolute Gasteiger partial charge is 0.286 e. The second-order valence-corrected chi connectivity index (χ2v) is 5.96. The third-order valence-corrected chi connectivity index (χ3v) is 4.05. The molecule has 1 heterocycles. The lowest BCUT2D eigenvalue weighted by atomic mass is 10.1. The van der Waals surface area contributed by atoms with Gasteiger partial charge in [-0.2, -0.15) is 4.73 Å². The molecule has 0 aliphatic rings. The molecule has 0 amide bonds. The topological polar surface area (TPSA) is 60.7 Å². The minimum absolute atomic E-state index is 0.408. The highest BCUT2D eigenvalue weighted by Gasteiger charge is 2.10. The highest BCUT2D eigenvalue weighted by Crippen LogP contribution is 2.29. The number of benzene rings is 2. The zero-order chi connectivity index (χ0) is 18.0. The lowest BCUT2D eigenvalue weighted by molar-refractivity contribution is 0.171. The Morgan fingerprint density at radius 1 is 0.840 bits per heavy atom. The third-order valence-electron chi connectivity index (χ3n) is 3.80. The molecule has 0 aliphatic carbocycles. The minimum Gasteiger partial charge on any atom is -0.457 e. The monoisotopic (exact) mass is 357 g/mol. The second-order valence-electron chi connectivity index (χ2n) is 5.52. The Morgan fingerprint density at radius 3 is 1.88 bits per heavy atom. The van der Waals surface area contributed by atoms with Crippen molar-refractivity contribution in [3.05, 3.63) is 81.2 Å². The van der Waals surface area contributed by atoms with Crippen LogP contribution in [-0.2, 0) is 0 Å². The van der Waals surface area contributed by atoms with Crippen molar-refractivity contribution in [2.75, 3.05) is 0 Å². The van der Waals surface area contributed by atoms with Gasteiger partial charge < -0.3 is 14.7 Å². The van der Waals surface area contributed by atoms with Gasteiger partial charge in [-0.3, -0.25) is 4.79 Å². The van der Waals surface area contributed by atoms with E-state index in [9.17, 15) is 10.0 Å². The number of aromatic nitrogens is 1. The first-order valence-corrected chi connectivity index (χ1v) is 7.95. The summed E-state index contributed by atoms with van der Waals surface area (Å²) in [5.41, 5.74) is 0.649. The number of halogens is 1. The normalized spacial score (nSPS) is 10.5. The first-order valence-electron chi connectivity index (χ1n) is 7.57. The van der Waals surface area contributed by atoms with E-state index in [0.29, 0.717) is 43.9 Å². The Kier molecular flexibility index (Phi) is 4.67.